The van der Waals surface area contributed by atoms with Crippen LogP contribution in [0.5, 0.6) is 11.5 Å². The van der Waals surface area contributed by atoms with Gasteiger partial charge in [0.1, 0.15) is 24.0 Å². The van der Waals surface area contributed by atoms with Crippen molar-refractivity contribution in [3.8, 4) is 11.5 Å². The standard InChI is InChI=1S/C27H24F5NO5/c1-27(2,3)38-26(35)33-18(25(34)37-24-22(31)20(29)19(28)21(30)23(24)32)13-15-9-11-17(12-10-15)36-14-16-7-5-4-6-8-16/h4-12,18H,13-14H2,1-3H3,(H,33,35)/t18-/m0/s1. The van der Waals surface area contributed by atoms with E-state index in [2.05, 4.69) is 10.1 Å². The van der Waals surface area contributed by atoms with Crippen LogP contribution in [0.2, 0.25) is 0 Å². The van der Waals surface area contributed by atoms with Crippen molar-refractivity contribution < 1.29 is 45.8 Å². The molecule has 1 atom stereocenters. The highest BCUT2D eigenvalue weighted by Gasteiger charge is 2.32. The number of rotatable bonds is 8. The summed E-state index contributed by atoms with van der Waals surface area (Å²) in [5, 5.41) is 2.21. The third-order valence-corrected chi connectivity index (χ3v) is 4.96. The molecular weight excluding hydrogens is 513 g/mol. The molecule has 0 aliphatic heterocycles. The predicted molar refractivity (Wildman–Crippen MR) is 126 cm³/mol. The zero-order chi connectivity index (χ0) is 28.0. The molecule has 11 heteroatoms. The molecule has 6 nitrogen and oxygen atoms in total. The third-order valence-electron chi connectivity index (χ3n) is 4.96. The van der Waals surface area contributed by atoms with Gasteiger partial charge in [-0.2, -0.15) is 8.78 Å². The smallest absolute Gasteiger partial charge is 0.408 e. The van der Waals surface area contributed by atoms with E-state index in [1.165, 1.54) is 0 Å². The molecule has 3 rings (SSSR count). The van der Waals surface area contributed by atoms with Crippen molar-refractivity contribution in [2.24, 2.45) is 0 Å². The molecule has 0 spiro atoms. The minimum Gasteiger partial charge on any atom is -0.489 e. The molecule has 0 saturated heterocycles. The number of carbonyl (C=O) groups excluding carboxylic acids is 2. The first-order valence-electron chi connectivity index (χ1n) is 11.3. The largest absolute Gasteiger partial charge is 0.489 e. The Morgan fingerprint density at radius 3 is 1.89 bits per heavy atom. The molecular formula is C27H24F5NO5. The molecule has 202 valence electrons. The average Bonchev–Trinajstić information content (AvgIpc) is 2.87. The van der Waals surface area contributed by atoms with Crippen LogP contribution in [-0.2, 0) is 22.6 Å². The van der Waals surface area contributed by atoms with Gasteiger partial charge in [-0.25, -0.2) is 22.8 Å². The fourth-order valence-corrected chi connectivity index (χ4v) is 3.19. The van der Waals surface area contributed by atoms with E-state index >= 15 is 0 Å². The Morgan fingerprint density at radius 1 is 0.789 bits per heavy atom. The molecule has 0 unspecified atom stereocenters. The van der Waals surface area contributed by atoms with Gasteiger partial charge >= 0.3 is 12.1 Å². The Bertz CT molecular complexity index is 1260. The van der Waals surface area contributed by atoms with Gasteiger partial charge in [0.25, 0.3) is 0 Å². The van der Waals surface area contributed by atoms with Crippen molar-refractivity contribution in [2.75, 3.05) is 0 Å². The average molecular weight is 537 g/mol. The number of esters is 1. The number of benzene rings is 3. The fourth-order valence-electron chi connectivity index (χ4n) is 3.19. The highest BCUT2D eigenvalue weighted by atomic mass is 19.2. The van der Waals surface area contributed by atoms with E-state index in [0.717, 1.165) is 5.56 Å². The summed E-state index contributed by atoms with van der Waals surface area (Å²) in [7, 11) is 0. The van der Waals surface area contributed by atoms with Crippen LogP contribution in [0, 0.1) is 29.1 Å². The molecule has 1 amide bonds. The zero-order valence-electron chi connectivity index (χ0n) is 20.6. The van der Waals surface area contributed by atoms with Crippen LogP contribution >= 0.6 is 0 Å². The molecule has 1 N–H and O–H groups in total. The van der Waals surface area contributed by atoms with Gasteiger partial charge in [-0.1, -0.05) is 42.5 Å². The van der Waals surface area contributed by atoms with Crippen molar-refractivity contribution in [3.63, 3.8) is 0 Å². The van der Waals surface area contributed by atoms with Gasteiger partial charge in [0, 0.05) is 6.42 Å². The van der Waals surface area contributed by atoms with E-state index in [1.807, 2.05) is 30.3 Å². The first-order valence-corrected chi connectivity index (χ1v) is 11.3. The Kier molecular flexibility index (Phi) is 8.92. The summed E-state index contributed by atoms with van der Waals surface area (Å²) in [5.41, 5.74) is 0.430. The van der Waals surface area contributed by atoms with Crippen molar-refractivity contribution in [3.05, 3.63) is 94.8 Å². The molecule has 0 bridgehead atoms. The first kappa shape index (κ1) is 28.4. The van der Waals surface area contributed by atoms with Crippen LogP contribution in [-0.4, -0.2) is 23.7 Å². The molecule has 0 heterocycles. The van der Waals surface area contributed by atoms with E-state index in [4.69, 9.17) is 9.47 Å². The van der Waals surface area contributed by atoms with Crippen molar-refractivity contribution in [1.29, 1.82) is 0 Å². The number of hydrogen-bond acceptors (Lipinski definition) is 5. The van der Waals surface area contributed by atoms with E-state index in [1.54, 1.807) is 45.0 Å². The van der Waals surface area contributed by atoms with Gasteiger partial charge in [0.15, 0.2) is 0 Å². The summed E-state index contributed by atoms with van der Waals surface area (Å²) in [5.74, 6) is -14.4. The van der Waals surface area contributed by atoms with E-state index in [-0.39, 0.29) is 6.42 Å². The predicted octanol–water partition coefficient (Wildman–Crippen LogP) is 6.00. The number of nitrogens with one attached hydrogen (secondary N) is 1. The highest BCUT2D eigenvalue weighted by Crippen LogP contribution is 2.29. The third kappa shape index (κ3) is 7.44. The molecule has 0 fully saturated rings. The molecule has 0 aliphatic rings. The quantitative estimate of drug-likeness (QED) is 0.125. The van der Waals surface area contributed by atoms with Crippen LogP contribution in [0.25, 0.3) is 0 Å². The second kappa shape index (κ2) is 11.9. The molecule has 38 heavy (non-hydrogen) atoms. The molecule has 0 saturated carbocycles. The van der Waals surface area contributed by atoms with E-state index in [9.17, 15) is 31.5 Å². The maximum Gasteiger partial charge on any atom is 0.408 e. The van der Waals surface area contributed by atoms with E-state index in [0.29, 0.717) is 17.9 Å². The normalized spacial score (nSPS) is 12.0. The number of carbonyl (C=O) groups is 2. The summed E-state index contributed by atoms with van der Waals surface area (Å²) in [6.45, 7) is 4.98. The van der Waals surface area contributed by atoms with E-state index < -0.39 is 58.5 Å². The maximum atomic E-state index is 14.1. The van der Waals surface area contributed by atoms with Gasteiger partial charge < -0.3 is 19.5 Å². The minimum absolute atomic E-state index is 0.271. The lowest BCUT2D eigenvalue weighted by atomic mass is 10.1. The Labute approximate surface area is 215 Å². The maximum absolute atomic E-state index is 14.1. The molecule has 3 aromatic carbocycles. The summed E-state index contributed by atoms with van der Waals surface area (Å²) >= 11 is 0. The van der Waals surface area contributed by atoms with Crippen LogP contribution in [0.4, 0.5) is 26.7 Å². The van der Waals surface area contributed by atoms with Gasteiger partial charge in [-0.15, -0.1) is 0 Å². The van der Waals surface area contributed by atoms with Crippen LogP contribution in [0.15, 0.2) is 54.6 Å². The number of ether oxygens (including phenoxy) is 3. The van der Waals surface area contributed by atoms with Crippen LogP contribution in [0.3, 0.4) is 0 Å². The number of hydrogen-bond donors (Lipinski definition) is 1. The van der Waals surface area contributed by atoms with Crippen molar-refractivity contribution in [2.45, 2.75) is 45.4 Å². The lowest BCUT2D eigenvalue weighted by Gasteiger charge is -2.23. The first-order chi connectivity index (χ1) is 17.9. The summed E-state index contributed by atoms with van der Waals surface area (Å²) < 4.78 is 83.9. The van der Waals surface area contributed by atoms with Gasteiger partial charge in [0.05, 0.1) is 0 Å². The second-order valence-electron chi connectivity index (χ2n) is 9.14. The van der Waals surface area contributed by atoms with Crippen LogP contribution in [0.1, 0.15) is 31.9 Å². The monoisotopic (exact) mass is 537 g/mol. The molecule has 0 aromatic heterocycles. The molecule has 3 aromatic rings. The number of halogens is 5. The summed E-state index contributed by atoms with van der Waals surface area (Å²) in [4.78, 5) is 25.1. The van der Waals surface area contributed by atoms with Crippen molar-refractivity contribution in [1.82, 2.24) is 5.32 Å². The number of amides is 1. The minimum atomic E-state index is -2.40. The highest BCUT2D eigenvalue weighted by molar-refractivity contribution is 5.83. The lowest BCUT2D eigenvalue weighted by Crippen LogP contribution is -2.46. The fraction of sp³-hybridized carbons (Fsp3) is 0.259. The van der Waals surface area contributed by atoms with Crippen LogP contribution < -0.4 is 14.8 Å². The zero-order valence-corrected chi connectivity index (χ0v) is 20.6. The SMILES string of the molecule is CC(C)(C)OC(=O)N[C@@H](Cc1ccc(OCc2ccccc2)cc1)C(=O)Oc1c(F)c(F)c(F)c(F)c1F. The Balaban J connectivity index is 1.79. The summed E-state index contributed by atoms with van der Waals surface area (Å²) in [6.07, 6.45) is -1.34. The molecule has 0 radical (unpaired) electrons. The topological polar surface area (TPSA) is 73.9 Å². The molecule has 0 aliphatic carbocycles. The summed E-state index contributed by atoms with van der Waals surface area (Å²) in [6, 6.07) is 14.1. The van der Waals surface area contributed by atoms with Gasteiger partial charge in [-0.05, 0) is 44.0 Å². The lowest BCUT2D eigenvalue weighted by molar-refractivity contribution is -0.137. The van der Waals surface area contributed by atoms with Gasteiger partial charge in [0.2, 0.25) is 34.8 Å². The Morgan fingerprint density at radius 2 is 1.34 bits per heavy atom. The van der Waals surface area contributed by atoms with Gasteiger partial charge in [-0.3, -0.25) is 0 Å². The Hall–Kier alpha value is -4.15. The second-order valence-corrected chi connectivity index (χ2v) is 9.14. The van der Waals surface area contributed by atoms with Crippen molar-refractivity contribution >= 4 is 12.1 Å². The number of alkyl carbamates (subject to hydrolysis) is 1.